The van der Waals surface area contributed by atoms with Crippen molar-refractivity contribution in [1.29, 1.82) is 0 Å². The molecule has 2 amide bonds. The predicted molar refractivity (Wildman–Crippen MR) is 73.2 cm³/mol. The van der Waals surface area contributed by atoms with E-state index in [9.17, 15) is 9.59 Å². The van der Waals surface area contributed by atoms with E-state index in [4.69, 9.17) is 4.74 Å². The molecular weight excluding hydrogens is 246 g/mol. The van der Waals surface area contributed by atoms with Gasteiger partial charge in [0.25, 0.3) is 5.91 Å². The minimum atomic E-state index is -0.205. The zero-order chi connectivity index (χ0) is 14.1. The molecule has 6 nitrogen and oxygen atoms in total. The maximum absolute atomic E-state index is 11.5. The molecule has 0 saturated carbocycles. The van der Waals surface area contributed by atoms with Crippen molar-refractivity contribution < 1.29 is 14.3 Å². The van der Waals surface area contributed by atoms with Gasteiger partial charge in [-0.1, -0.05) is 6.07 Å². The summed E-state index contributed by atoms with van der Waals surface area (Å²) in [5.74, 6) is 0.260. The Hall–Kier alpha value is -2.08. The van der Waals surface area contributed by atoms with Crippen LogP contribution in [0.25, 0.3) is 0 Å². The molecule has 19 heavy (non-hydrogen) atoms. The molecule has 0 aliphatic carbocycles. The van der Waals surface area contributed by atoms with Crippen molar-refractivity contribution in [1.82, 2.24) is 10.6 Å². The zero-order valence-corrected chi connectivity index (χ0v) is 11.2. The quantitative estimate of drug-likeness (QED) is 0.665. The third kappa shape index (κ3) is 5.87. The molecule has 0 fully saturated rings. The van der Waals surface area contributed by atoms with E-state index in [1.165, 1.54) is 0 Å². The average molecular weight is 265 g/mol. The van der Waals surface area contributed by atoms with Crippen LogP contribution < -0.4 is 20.7 Å². The minimum absolute atomic E-state index is 0.0480. The van der Waals surface area contributed by atoms with Gasteiger partial charge >= 0.3 is 0 Å². The highest BCUT2D eigenvalue weighted by molar-refractivity contribution is 5.91. The molecule has 1 rings (SSSR count). The number of carbonyl (C=O) groups excluding carboxylic acids is 2. The van der Waals surface area contributed by atoms with Gasteiger partial charge in [0.05, 0.1) is 0 Å². The number of ether oxygens (including phenoxy) is 1. The number of hydrogen-bond acceptors (Lipinski definition) is 4. The summed E-state index contributed by atoms with van der Waals surface area (Å²) in [5, 5.41) is 8.13. The van der Waals surface area contributed by atoms with Crippen molar-refractivity contribution in [2.45, 2.75) is 6.42 Å². The van der Waals surface area contributed by atoms with E-state index >= 15 is 0 Å². The van der Waals surface area contributed by atoms with Crippen molar-refractivity contribution in [3.63, 3.8) is 0 Å². The molecule has 0 atom stereocenters. The summed E-state index contributed by atoms with van der Waals surface area (Å²) in [6, 6.07) is 6.93. The Kier molecular flexibility index (Phi) is 6.38. The average Bonchev–Trinajstić information content (AvgIpc) is 2.43. The highest BCUT2D eigenvalue weighted by atomic mass is 16.5. The Bertz CT molecular complexity index is 435. The van der Waals surface area contributed by atoms with E-state index in [0.29, 0.717) is 24.4 Å². The Balaban J connectivity index is 2.51. The fraction of sp³-hybridized carbons (Fsp3) is 0.385. The third-order valence-electron chi connectivity index (χ3n) is 2.37. The summed E-state index contributed by atoms with van der Waals surface area (Å²) >= 11 is 0. The number of hydrogen-bond donors (Lipinski definition) is 3. The largest absolute Gasteiger partial charge is 0.484 e. The van der Waals surface area contributed by atoms with Crippen LogP contribution in [-0.4, -0.2) is 39.1 Å². The molecule has 0 aliphatic heterocycles. The third-order valence-corrected chi connectivity index (χ3v) is 2.37. The van der Waals surface area contributed by atoms with E-state index in [0.717, 1.165) is 0 Å². The molecule has 3 N–H and O–H groups in total. The summed E-state index contributed by atoms with van der Waals surface area (Å²) < 4.78 is 5.29. The van der Waals surface area contributed by atoms with Gasteiger partial charge in [0, 0.05) is 31.8 Å². The number of anilines is 1. The second kappa shape index (κ2) is 8.10. The first kappa shape index (κ1) is 15.0. The number of carbonyl (C=O) groups is 2. The highest BCUT2D eigenvalue weighted by Crippen LogP contribution is 2.17. The summed E-state index contributed by atoms with van der Waals surface area (Å²) in [4.78, 5) is 22.6. The molecule has 1 aromatic carbocycles. The lowest BCUT2D eigenvalue weighted by Gasteiger charge is -2.08. The van der Waals surface area contributed by atoms with Crippen molar-refractivity contribution in [2.24, 2.45) is 0 Å². The van der Waals surface area contributed by atoms with Gasteiger partial charge in [-0.2, -0.15) is 0 Å². The van der Waals surface area contributed by atoms with Gasteiger partial charge in [0.2, 0.25) is 5.91 Å². The summed E-state index contributed by atoms with van der Waals surface area (Å²) in [5.41, 5.74) is 0.649. The van der Waals surface area contributed by atoms with E-state index in [2.05, 4.69) is 16.0 Å². The van der Waals surface area contributed by atoms with Crippen molar-refractivity contribution in [2.75, 3.05) is 32.6 Å². The van der Waals surface area contributed by atoms with E-state index in [1.54, 1.807) is 38.4 Å². The molecule has 1 aromatic rings. The van der Waals surface area contributed by atoms with Gasteiger partial charge < -0.3 is 20.7 Å². The van der Waals surface area contributed by atoms with Crippen LogP contribution in [-0.2, 0) is 9.59 Å². The lowest BCUT2D eigenvalue weighted by atomic mass is 10.3. The number of likely N-dealkylation sites (N-methyl/N-ethyl adjacent to an activating group) is 1. The molecule has 0 bridgehead atoms. The van der Waals surface area contributed by atoms with Crippen molar-refractivity contribution in [3.8, 4) is 5.75 Å². The summed E-state index contributed by atoms with van der Waals surface area (Å²) in [6.07, 6.45) is 0.403. The van der Waals surface area contributed by atoms with Crippen molar-refractivity contribution >= 4 is 17.5 Å². The topological polar surface area (TPSA) is 79.5 Å². The fourth-order valence-electron chi connectivity index (χ4n) is 1.35. The molecule has 0 unspecified atom stereocenters. The Morgan fingerprint density at radius 3 is 2.68 bits per heavy atom. The van der Waals surface area contributed by atoms with Crippen LogP contribution in [0.3, 0.4) is 0 Å². The molecule has 104 valence electrons. The zero-order valence-electron chi connectivity index (χ0n) is 11.2. The van der Waals surface area contributed by atoms with Crippen LogP contribution in [0.4, 0.5) is 5.69 Å². The Morgan fingerprint density at radius 1 is 1.21 bits per heavy atom. The lowest BCUT2D eigenvalue weighted by Crippen LogP contribution is -2.24. The van der Waals surface area contributed by atoms with Gasteiger partial charge in [-0.15, -0.1) is 0 Å². The molecule has 0 aromatic heterocycles. The molecule has 0 spiro atoms. The smallest absolute Gasteiger partial charge is 0.257 e. The van der Waals surface area contributed by atoms with Crippen LogP contribution in [0.2, 0.25) is 0 Å². The fourth-order valence-corrected chi connectivity index (χ4v) is 1.35. The molecule has 0 heterocycles. The van der Waals surface area contributed by atoms with Crippen LogP contribution in [0.15, 0.2) is 24.3 Å². The Morgan fingerprint density at radius 2 is 2.00 bits per heavy atom. The predicted octanol–water partition coefficient (Wildman–Crippen LogP) is 0.359. The van der Waals surface area contributed by atoms with Gasteiger partial charge in [-0.25, -0.2) is 0 Å². The van der Waals surface area contributed by atoms with Gasteiger partial charge in [-0.3, -0.25) is 9.59 Å². The molecule has 0 radical (unpaired) electrons. The molecule has 0 saturated heterocycles. The first-order valence-corrected chi connectivity index (χ1v) is 6.03. The van der Waals surface area contributed by atoms with Crippen LogP contribution >= 0.6 is 0 Å². The van der Waals surface area contributed by atoms with Crippen LogP contribution in [0, 0.1) is 0 Å². The van der Waals surface area contributed by atoms with E-state index < -0.39 is 0 Å². The standard InChI is InChI=1S/C13H19N3O3/c1-14-7-6-12(17)16-10-4-3-5-11(8-10)19-9-13(18)15-2/h3-5,8,14H,6-7,9H2,1-2H3,(H,15,18)(H,16,17). The number of amides is 2. The van der Waals surface area contributed by atoms with E-state index in [1.807, 2.05) is 0 Å². The van der Waals surface area contributed by atoms with Gasteiger partial charge in [-0.05, 0) is 19.2 Å². The lowest BCUT2D eigenvalue weighted by molar-refractivity contribution is -0.122. The van der Waals surface area contributed by atoms with Gasteiger partial charge in [0.15, 0.2) is 6.61 Å². The minimum Gasteiger partial charge on any atom is -0.484 e. The van der Waals surface area contributed by atoms with Crippen LogP contribution in [0.1, 0.15) is 6.42 Å². The number of benzene rings is 1. The molecular formula is C13H19N3O3. The monoisotopic (exact) mass is 265 g/mol. The normalized spacial score (nSPS) is 9.79. The SMILES string of the molecule is CNCCC(=O)Nc1cccc(OCC(=O)NC)c1. The number of rotatable bonds is 7. The first-order chi connectivity index (χ1) is 9.15. The summed E-state index contributed by atoms with van der Waals surface area (Å²) in [7, 11) is 3.34. The van der Waals surface area contributed by atoms with Crippen molar-refractivity contribution in [3.05, 3.63) is 24.3 Å². The highest BCUT2D eigenvalue weighted by Gasteiger charge is 2.04. The first-order valence-electron chi connectivity index (χ1n) is 6.03. The second-order valence-corrected chi connectivity index (χ2v) is 3.89. The second-order valence-electron chi connectivity index (χ2n) is 3.89. The van der Waals surface area contributed by atoms with Crippen LogP contribution in [0.5, 0.6) is 5.75 Å². The van der Waals surface area contributed by atoms with E-state index in [-0.39, 0.29) is 18.4 Å². The summed E-state index contributed by atoms with van der Waals surface area (Å²) in [6.45, 7) is 0.576. The molecule has 0 aliphatic rings. The number of nitrogens with one attached hydrogen (secondary N) is 3. The maximum Gasteiger partial charge on any atom is 0.257 e. The maximum atomic E-state index is 11.5. The molecule has 6 heteroatoms. The Labute approximate surface area is 112 Å². The van der Waals surface area contributed by atoms with Gasteiger partial charge in [0.1, 0.15) is 5.75 Å².